The fourth-order valence-corrected chi connectivity index (χ4v) is 2.73. The van der Waals surface area contributed by atoms with Gasteiger partial charge in [0, 0.05) is 5.56 Å². The molecule has 0 amide bonds. The van der Waals surface area contributed by atoms with Gasteiger partial charge < -0.3 is 4.98 Å². The third-order valence-electron chi connectivity index (χ3n) is 3.09. The number of aryl methyl sites for hydroxylation is 3. The number of nitrogens with one attached hydrogen (secondary N) is 1. The molecule has 2 rings (SSSR count). The quantitative estimate of drug-likeness (QED) is 0.844. The van der Waals surface area contributed by atoms with Crippen molar-refractivity contribution in [1.29, 1.82) is 0 Å². The molecule has 0 spiro atoms. The average Bonchev–Trinajstić information content (AvgIpc) is 2.69. The number of H-pyrrole nitrogens is 1. The Morgan fingerprint density at radius 1 is 1.26 bits per heavy atom. The first-order chi connectivity index (χ1) is 9.01. The molecule has 4 nitrogen and oxygen atoms in total. The predicted molar refractivity (Wildman–Crippen MR) is 76.9 cm³/mol. The van der Waals surface area contributed by atoms with Crippen LogP contribution in [0, 0.1) is 13.8 Å². The molecule has 0 fully saturated rings. The minimum absolute atomic E-state index is 0.0218. The van der Waals surface area contributed by atoms with Crippen LogP contribution in [0.3, 0.4) is 0 Å². The number of nitrogens with zero attached hydrogens (tertiary/aromatic N) is 1. The highest BCUT2D eigenvalue weighted by atomic mass is 32.2. The van der Waals surface area contributed by atoms with E-state index in [1.165, 1.54) is 11.1 Å². The molecule has 2 aromatic rings. The molecule has 0 atom stereocenters. The molecular weight excluding hydrogens is 260 g/mol. The molecule has 0 aliphatic heterocycles. The number of hydrogen-bond acceptors (Lipinski definition) is 3. The van der Waals surface area contributed by atoms with Crippen LogP contribution in [0.5, 0.6) is 0 Å². The summed E-state index contributed by atoms with van der Waals surface area (Å²) in [5.74, 6) is 0.718. The maximum atomic E-state index is 11.0. The van der Waals surface area contributed by atoms with Gasteiger partial charge in [-0.2, -0.15) is 0 Å². The summed E-state index contributed by atoms with van der Waals surface area (Å²) in [6.07, 6.45) is 0.901. The van der Waals surface area contributed by atoms with Crippen molar-refractivity contribution in [3.8, 4) is 11.3 Å². The van der Waals surface area contributed by atoms with Crippen molar-refractivity contribution in [3.05, 3.63) is 40.8 Å². The summed E-state index contributed by atoms with van der Waals surface area (Å²) in [5.41, 5.74) is 4.88. The standard InChI is InChI=1S/C14H18N2O2S/c1-4-11-7-9(2)5-6-12(11)14-13(8-19(17)18)15-10(3)16-14/h5-7,19H,4,8H2,1-3H3,(H,15,16). The summed E-state index contributed by atoms with van der Waals surface area (Å²) < 4.78 is 21.9. The number of aromatic amines is 1. The van der Waals surface area contributed by atoms with Crippen molar-refractivity contribution < 1.29 is 8.42 Å². The van der Waals surface area contributed by atoms with Gasteiger partial charge in [-0.3, -0.25) is 0 Å². The highest BCUT2D eigenvalue weighted by Gasteiger charge is 2.14. The summed E-state index contributed by atoms with van der Waals surface area (Å²) in [6, 6.07) is 6.20. The van der Waals surface area contributed by atoms with Crippen molar-refractivity contribution in [2.75, 3.05) is 0 Å². The van der Waals surface area contributed by atoms with Crippen molar-refractivity contribution in [2.24, 2.45) is 0 Å². The van der Waals surface area contributed by atoms with Crippen LogP contribution in [0.2, 0.25) is 0 Å². The van der Waals surface area contributed by atoms with Crippen LogP contribution in [0.4, 0.5) is 0 Å². The SMILES string of the molecule is CCc1cc(C)ccc1-c1[nH]c(C)nc1C[SH](=O)=O. The Hall–Kier alpha value is -1.62. The molecule has 1 N–H and O–H groups in total. The molecule has 0 unspecified atom stereocenters. The Morgan fingerprint density at radius 2 is 2.00 bits per heavy atom. The van der Waals surface area contributed by atoms with Gasteiger partial charge in [0.05, 0.1) is 17.1 Å². The molecule has 1 aromatic carbocycles. The maximum Gasteiger partial charge on any atom is 0.145 e. The molecule has 0 aliphatic carbocycles. The van der Waals surface area contributed by atoms with E-state index in [2.05, 4.69) is 29.9 Å². The minimum Gasteiger partial charge on any atom is -0.342 e. The Labute approximate surface area is 114 Å². The van der Waals surface area contributed by atoms with E-state index in [0.717, 1.165) is 23.5 Å². The monoisotopic (exact) mass is 278 g/mol. The molecule has 0 saturated heterocycles. The van der Waals surface area contributed by atoms with E-state index in [0.29, 0.717) is 5.69 Å². The number of hydrogen-bond donors (Lipinski definition) is 2. The number of benzene rings is 1. The summed E-state index contributed by atoms with van der Waals surface area (Å²) in [4.78, 5) is 7.47. The maximum absolute atomic E-state index is 11.0. The zero-order chi connectivity index (χ0) is 14.0. The molecule has 5 heteroatoms. The molecular formula is C14H18N2O2S. The van der Waals surface area contributed by atoms with Gasteiger partial charge in [-0.15, -0.1) is 0 Å². The van der Waals surface area contributed by atoms with Crippen LogP contribution in [0.1, 0.15) is 29.6 Å². The zero-order valence-corrected chi connectivity index (χ0v) is 12.3. The summed E-state index contributed by atoms with van der Waals surface area (Å²) in [7, 11) is -2.47. The normalized spacial score (nSPS) is 11.2. The third kappa shape index (κ3) is 3.04. The lowest BCUT2D eigenvalue weighted by atomic mass is 9.99. The molecule has 0 bridgehead atoms. The highest BCUT2D eigenvalue weighted by Crippen LogP contribution is 2.27. The number of rotatable bonds is 4. The topological polar surface area (TPSA) is 62.8 Å². The summed E-state index contributed by atoms with van der Waals surface area (Å²) >= 11 is 0. The molecule has 0 aliphatic rings. The zero-order valence-electron chi connectivity index (χ0n) is 11.4. The van der Waals surface area contributed by atoms with Gasteiger partial charge in [0.1, 0.15) is 16.5 Å². The lowest BCUT2D eigenvalue weighted by Crippen LogP contribution is -1.95. The second-order valence-electron chi connectivity index (χ2n) is 4.65. The highest BCUT2D eigenvalue weighted by molar-refractivity contribution is 7.71. The molecule has 102 valence electrons. The van der Waals surface area contributed by atoms with E-state index >= 15 is 0 Å². The Kier molecular flexibility index (Phi) is 4.04. The van der Waals surface area contributed by atoms with E-state index in [-0.39, 0.29) is 5.75 Å². The van der Waals surface area contributed by atoms with Gasteiger partial charge in [-0.05, 0) is 25.8 Å². The van der Waals surface area contributed by atoms with Crippen molar-refractivity contribution in [2.45, 2.75) is 32.9 Å². The number of aromatic nitrogens is 2. The molecule has 1 aromatic heterocycles. The first-order valence-electron chi connectivity index (χ1n) is 6.28. The van der Waals surface area contributed by atoms with Gasteiger partial charge in [-0.25, -0.2) is 13.4 Å². The second kappa shape index (κ2) is 5.57. The third-order valence-corrected chi connectivity index (χ3v) is 3.64. The predicted octanol–water partition coefficient (Wildman–Crippen LogP) is 2.37. The van der Waals surface area contributed by atoms with E-state index in [1.807, 2.05) is 19.1 Å². The lowest BCUT2D eigenvalue weighted by molar-refractivity contribution is 0.613. The largest absolute Gasteiger partial charge is 0.342 e. The van der Waals surface area contributed by atoms with Crippen LogP contribution < -0.4 is 0 Å². The van der Waals surface area contributed by atoms with Crippen molar-refractivity contribution >= 4 is 10.7 Å². The fraction of sp³-hybridized carbons (Fsp3) is 0.357. The fourth-order valence-electron chi connectivity index (χ4n) is 2.26. The van der Waals surface area contributed by atoms with E-state index < -0.39 is 10.7 Å². The van der Waals surface area contributed by atoms with Crippen LogP contribution in [-0.4, -0.2) is 18.4 Å². The van der Waals surface area contributed by atoms with Crippen LogP contribution in [0.15, 0.2) is 18.2 Å². The average molecular weight is 278 g/mol. The second-order valence-corrected chi connectivity index (χ2v) is 5.63. The Morgan fingerprint density at radius 3 is 2.63 bits per heavy atom. The summed E-state index contributed by atoms with van der Waals surface area (Å²) in [5, 5.41) is 0. The molecule has 19 heavy (non-hydrogen) atoms. The van der Waals surface area contributed by atoms with Gasteiger partial charge in [-0.1, -0.05) is 30.7 Å². The first kappa shape index (κ1) is 13.8. The molecule has 0 radical (unpaired) electrons. The van der Waals surface area contributed by atoms with E-state index in [1.54, 1.807) is 0 Å². The van der Waals surface area contributed by atoms with Crippen LogP contribution in [0.25, 0.3) is 11.3 Å². The van der Waals surface area contributed by atoms with Gasteiger partial charge in [0.2, 0.25) is 0 Å². The van der Waals surface area contributed by atoms with Crippen LogP contribution in [-0.2, 0) is 22.9 Å². The van der Waals surface area contributed by atoms with Crippen molar-refractivity contribution in [1.82, 2.24) is 9.97 Å². The van der Waals surface area contributed by atoms with Gasteiger partial charge >= 0.3 is 0 Å². The minimum atomic E-state index is -2.47. The Bertz CT molecular complexity index is 664. The first-order valence-corrected chi connectivity index (χ1v) is 7.64. The number of thiol groups is 1. The van der Waals surface area contributed by atoms with E-state index in [4.69, 9.17) is 0 Å². The molecule has 0 saturated carbocycles. The lowest BCUT2D eigenvalue weighted by Gasteiger charge is -2.08. The molecule has 1 heterocycles. The van der Waals surface area contributed by atoms with Crippen molar-refractivity contribution in [3.63, 3.8) is 0 Å². The summed E-state index contributed by atoms with van der Waals surface area (Å²) in [6.45, 7) is 5.98. The van der Waals surface area contributed by atoms with Gasteiger partial charge in [0.15, 0.2) is 0 Å². The smallest absolute Gasteiger partial charge is 0.145 e. The number of imidazole rings is 1. The van der Waals surface area contributed by atoms with Crippen LogP contribution >= 0.6 is 0 Å². The van der Waals surface area contributed by atoms with Gasteiger partial charge in [0.25, 0.3) is 0 Å². The van der Waals surface area contributed by atoms with E-state index in [9.17, 15) is 8.42 Å². The Balaban J connectivity index is 2.58.